The van der Waals surface area contributed by atoms with Crippen molar-refractivity contribution in [1.29, 1.82) is 0 Å². The lowest BCUT2D eigenvalue weighted by molar-refractivity contribution is 0.0610. The summed E-state index contributed by atoms with van der Waals surface area (Å²) in [5.41, 5.74) is 10.9. The number of hydrogen-bond acceptors (Lipinski definition) is 5. The van der Waals surface area contributed by atoms with Crippen LogP contribution in [0.3, 0.4) is 0 Å². The van der Waals surface area contributed by atoms with Gasteiger partial charge in [0.2, 0.25) is 0 Å². The third-order valence-corrected chi connectivity index (χ3v) is 5.72. The number of nitrogens with one attached hydrogen (secondary N) is 4. The fraction of sp³-hybridized carbons (Fsp3) is 0.960. The zero-order valence-electron chi connectivity index (χ0n) is 20.9. The molecule has 0 rings (SSSR count). The fourth-order valence-corrected chi connectivity index (χ4v) is 3.70. The first-order valence-electron chi connectivity index (χ1n) is 13.5. The van der Waals surface area contributed by atoms with Gasteiger partial charge in [0.1, 0.15) is 0 Å². The summed E-state index contributed by atoms with van der Waals surface area (Å²) in [6, 6.07) is 0. The number of hydrogen-bond donors (Lipinski definition) is 4. The lowest BCUT2D eigenvalue weighted by atomic mass is 10.1. The second kappa shape index (κ2) is 27.2. The Kier molecular flexibility index (Phi) is 26.4. The van der Waals surface area contributed by atoms with Crippen LogP contribution in [0.4, 0.5) is 4.79 Å². The van der Waals surface area contributed by atoms with Gasteiger partial charge in [0.25, 0.3) is 0 Å². The van der Waals surface area contributed by atoms with Crippen LogP contribution in [-0.2, 0) is 4.84 Å². The molecule has 0 heterocycles. The zero-order chi connectivity index (χ0) is 22.7. The summed E-state index contributed by atoms with van der Waals surface area (Å²) in [5, 5.41) is 0. The van der Waals surface area contributed by atoms with Crippen molar-refractivity contribution >= 4 is 6.09 Å². The Balaban J connectivity index is 3.14. The van der Waals surface area contributed by atoms with E-state index in [2.05, 4.69) is 35.7 Å². The normalized spacial score (nSPS) is 11.0. The maximum Gasteiger partial charge on any atom is 0.441 e. The third kappa shape index (κ3) is 27.1. The minimum absolute atomic E-state index is 0.511. The van der Waals surface area contributed by atoms with E-state index in [4.69, 9.17) is 4.84 Å². The summed E-state index contributed by atoms with van der Waals surface area (Å²) in [6.07, 6.45) is 25.8. The van der Waals surface area contributed by atoms with Crippen molar-refractivity contribution in [2.24, 2.45) is 0 Å². The van der Waals surface area contributed by atoms with Crippen molar-refractivity contribution in [3.8, 4) is 0 Å². The molecule has 0 bridgehead atoms. The molecule has 6 nitrogen and oxygen atoms in total. The van der Waals surface area contributed by atoms with Crippen LogP contribution in [0, 0.1) is 0 Å². The minimum Gasteiger partial charge on any atom is -0.337 e. The first-order valence-corrected chi connectivity index (χ1v) is 13.5. The Morgan fingerprint density at radius 2 is 0.871 bits per heavy atom. The molecule has 1 amide bonds. The molecular weight excluding hydrogens is 388 g/mol. The van der Waals surface area contributed by atoms with Crippen molar-refractivity contribution in [1.82, 2.24) is 21.9 Å². The van der Waals surface area contributed by atoms with Gasteiger partial charge >= 0.3 is 6.09 Å². The van der Waals surface area contributed by atoms with E-state index in [1.807, 2.05) is 0 Å². The smallest absolute Gasteiger partial charge is 0.337 e. The van der Waals surface area contributed by atoms with Crippen molar-refractivity contribution in [2.75, 3.05) is 13.1 Å². The van der Waals surface area contributed by atoms with Crippen molar-refractivity contribution < 1.29 is 9.63 Å². The predicted octanol–water partition coefficient (Wildman–Crippen LogP) is 7.07. The van der Waals surface area contributed by atoms with Gasteiger partial charge in [0.05, 0.1) is 0 Å². The Morgan fingerprint density at radius 3 is 1.29 bits per heavy atom. The maximum absolute atomic E-state index is 11.5. The van der Waals surface area contributed by atoms with Gasteiger partial charge in [-0.2, -0.15) is 0 Å². The minimum atomic E-state index is -0.511. The molecule has 0 fully saturated rings. The molecule has 0 atom stereocenters. The lowest BCUT2D eigenvalue weighted by Gasteiger charge is -2.09. The predicted molar refractivity (Wildman–Crippen MR) is 132 cm³/mol. The fourth-order valence-electron chi connectivity index (χ4n) is 3.70. The number of amides is 1. The summed E-state index contributed by atoms with van der Waals surface area (Å²) in [5.74, 6) is 0. The molecule has 0 aliphatic heterocycles. The maximum atomic E-state index is 11.5. The van der Waals surface area contributed by atoms with Crippen LogP contribution in [0.15, 0.2) is 0 Å². The van der Waals surface area contributed by atoms with Crippen LogP contribution in [0.1, 0.15) is 142 Å². The number of carbonyl (C=O) groups excluding carboxylic acids is 1. The molecule has 0 aliphatic rings. The third-order valence-electron chi connectivity index (χ3n) is 5.72. The number of carbonyl (C=O) groups is 1. The van der Waals surface area contributed by atoms with Crippen molar-refractivity contribution in [2.45, 2.75) is 142 Å². The first-order chi connectivity index (χ1) is 15.3. The van der Waals surface area contributed by atoms with Crippen LogP contribution in [0.25, 0.3) is 0 Å². The molecule has 31 heavy (non-hydrogen) atoms. The van der Waals surface area contributed by atoms with E-state index in [1.165, 1.54) is 116 Å². The van der Waals surface area contributed by atoms with Crippen LogP contribution in [0.2, 0.25) is 0 Å². The molecule has 0 aromatic carbocycles. The average molecular weight is 443 g/mol. The SMILES string of the molecule is CCCCCCCCCCCCNNOC(=O)NNCCCCCCCCCCCC. The number of hydrazine groups is 2. The van der Waals surface area contributed by atoms with Gasteiger partial charge in [-0.1, -0.05) is 135 Å². The van der Waals surface area contributed by atoms with Gasteiger partial charge in [-0.3, -0.25) is 5.43 Å². The van der Waals surface area contributed by atoms with Crippen LogP contribution in [0.5, 0.6) is 0 Å². The Bertz CT molecular complexity index is 356. The topological polar surface area (TPSA) is 74.4 Å². The summed E-state index contributed by atoms with van der Waals surface area (Å²) in [7, 11) is 0. The Morgan fingerprint density at radius 1 is 0.516 bits per heavy atom. The number of rotatable bonds is 25. The number of unbranched alkanes of at least 4 members (excludes halogenated alkanes) is 18. The lowest BCUT2D eigenvalue weighted by Crippen LogP contribution is -2.44. The molecule has 0 aromatic heterocycles. The van der Waals surface area contributed by atoms with Crippen LogP contribution < -0.4 is 21.9 Å². The largest absolute Gasteiger partial charge is 0.441 e. The quantitative estimate of drug-likeness (QED) is 0.0898. The molecule has 0 radical (unpaired) electrons. The second-order valence-electron chi connectivity index (χ2n) is 8.83. The van der Waals surface area contributed by atoms with Crippen LogP contribution in [-0.4, -0.2) is 19.2 Å². The highest BCUT2D eigenvalue weighted by molar-refractivity contribution is 5.65. The van der Waals surface area contributed by atoms with Gasteiger partial charge in [-0.05, 0) is 12.8 Å². The zero-order valence-corrected chi connectivity index (χ0v) is 20.9. The molecule has 186 valence electrons. The Labute approximate surface area is 193 Å². The van der Waals surface area contributed by atoms with Gasteiger partial charge in [0.15, 0.2) is 0 Å². The molecule has 0 aliphatic carbocycles. The van der Waals surface area contributed by atoms with Gasteiger partial charge in [-0.15, -0.1) is 0 Å². The van der Waals surface area contributed by atoms with E-state index in [-0.39, 0.29) is 0 Å². The molecule has 0 aromatic rings. The monoisotopic (exact) mass is 442 g/mol. The summed E-state index contributed by atoms with van der Waals surface area (Å²) < 4.78 is 0. The highest BCUT2D eigenvalue weighted by atomic mass is 16.7. The molecule has 0 unspecified atom stereocenters. The van der Waals surface area contributed by atoms with E-state index < -0.39 is 6.09 Å². The molecule has 0 saturated heterocycles. The van der Waals surface area contributed by atoms with E-state index in [1.54, 1.807) is 0 Å². The molecule has 6 heteroatoms. The second-order valence-corrected chi connectivity index (χ2v) is 8.83. The van der Waals surface area contributed by atoms with Gasteiger partial charge in [0, 0.05) is 13.1 Å². The molecule has 0 saturated carbocycles. The van der Waals surface area contributed by atoms with Gasteiger partial charge in [-0.25, -0.2) is 15.6 Å². The average Bonchev–Trinajstić information content (AvgIpc) is 2.77. The molecule has 0 spiro atoms. The summed E-state index contributed by atoms with van der Waals surface area (Å²) in [4.78, 5) is 16.4. The van der Waals surface area contributed by atoms with E-state index in [0.29, 0.717) is 0 Å². The molecule has 4 N–H and O–H groups in total. The van der Waals surface area contributed by atoms with E-state index in [0.717, 1.165) is 25.9 Å². The summed E-state index contributed by atoms with van der Waals surface area (Å²) in [6.45, 7) is 6.10. The van der Waals surface area contributed by atoms with E-state index >= 15 is 0 Å². The highest BCUT2D eigenvalue weighted by Crippen LogP contribution is 2.11. The van der Waals surface area contributed by atoms with Crippen molar-refractivity contribution in [3.63, 3.8) is 0 Å². The standard InChI is InChI=1S/C25H54N4O2/c1-3-5-7-9-11-13-15-17-19-21-23-26-28-25(30)31-29-27-24-22-20-18-16-14-12-10-8-6-4-2/h26-27,29H,3-24H2,1-2H3,(H,28,30). The van der Waals surface area contributed by atoms with Gasteiger partial charge < -0.3 is 4.84 Å². The van der Waals surface area contributed by atoms with Crippen molar-refractivity contribution in [3.05, 3.63) is 0 Å². The highest BCUT2D eigenvalue weighted by Gasteiger charge is 2.00. The first kappa shape index (κ1) is 30.1. The van der Waals surface area contributed by atoms with E-state index in [9.17, 15) is 4.79 Å². The van der Waals surface area contributed by atoms with Crippen LogP contribution >= 0.6 is 0 Å². The Hall–Kier alpha value is -0.850. The summed E-state index contributed by atoms with van der Waals surface area (Å²) >= 11 is 0. The molecular formula is C25H54N4O2.